The number of hydrogen-bond donors (Lipinski definition) is 2. The highest BCUT2D eigenvalue weighted by molar-refractivity contribution is 5.93. The summed E-state index contributed by atoms with van der Waals surface area (Å²) in [6.45, 7) is 6.64. The molecule has 1 amide bonds. The molecule has 0 radical (unpaired) electrons. The first-order valence-electron chi connectivity index (χ1n) is 8.51. The zero-order valence-corrected chi connectivity index (χ0v) is 15.2. The predicted octanol–water partition coefficient (Wildman–Crippen LogP) is 4.08. The molecule has 0 aliphatic heterocycles. The molecule has 26 heavy (non-hydrogen) atoms. The van der Waals surface area contributed by atoms with E-state index in [0.717, 1.165) is 11.3 Å². The molecular formula is C21H22N4O. The molecule has 132 valence electrons. The summed E-state index contributed by atoms with van der Waals surface area (Å²) in [7, 11) is 0. The van der Waals surface area contributed by atoms with Gasteiger partial charge in [0.05, 0.1) is 5.56 Å². The summed E-state index contributed by atoms with van der Waals surface area (Å²) in [6, 6.07) is 14.1. The molecular weight excluding hydrogens is 324 g/mol. The van der Waals surface area contributed by atoms with E-state index >= 15 is 0 Å². The second-order valence-corrected chi connectivity index (χ2v) is 6.39. The van der Waals surface area contributed by atoms with Gasteiger partial charge in [0.15, 0.2) is 0 Å². The van der Waals surface area contributed by atoms with E-state index in [2.05, 4.69) is 34.4 Å². The third kappa shape index (κ3) is 4.45. The smallest absolute Gasteiger partial charge is 0.254 e. The van der Waals surface area contributed by atoms with Gasteiger partial charge in [-0.2, -0.15) is 0 Å². The first-order valence-corrected chi connectivity index (χ1v) is 8.51. The lowest BCUT2D eigenvalue weighted by atomic mass is 10.1. The minimum Gasteiger partial charge on any atom is -0.348 e. The van der Waals surface area contributed by atoms with E-state index in [9.17, 15) is 4.79 Å². The van der Waals surface area contributed by atoms with Crippen LogP contribution in [0.25, 0.3) is 0 Å². The molecule has 5 heteroatoms. The summed E-state index contributed by atoms with van der Waals surface area (Å²) >= 11 is 0. The number of amides is 1. The van der Waals surface area contributed by atoms with Crippen molar-refractivity contribution in [3.8, 4) is 0 Å². The molecule has 0 fully saturated rings. The van der Waals surface area contributed by atoms with Crippen LogP contribution in [0.3, 0.4) is 0 Å². The van der Waals surface area contributed by atoms with Crippen molar-refractivity contribution in [1.29, 1.82) is 0 Å². The average Bonchev–Trinajstić information content (AvgIpc) is 2.65. The number of aryl methyl sites for hydroxylation is 3. The predicted molar refractivity (Wildman–Crippen MR) is 104 cm³/mol. The molecule has 3 rings (SSSR count). The minimum absolute atomic E-state index is 0.191. The highest BCUT2D eigenvalue weighted by atomic mass is 16.1. The van der Waals surface area contributed by atoms with Crippen molar-refractivity contribution in [2.75, 3.05) is 5.32 Å². The van der Waals surface area contributed by atoms with E-state index < -0.39 is 0 Å². The Kier molecular flexibility index (Phi) is 5.27. The molecule has 0 saturated carbocycles. The van der Waals surface area contributed by atoms with Crippen molar-refractivity contribution in [2.24, 2.45) is 0 Å². The van der Waals surface area contributed by atoms with Crippen molar-refractivity contribution in [1.82, 2.24) is 15.3 Å². The molecule has 0 unspecified atom stereocenters. The Labute approximate surface area is 153 Å². The maximum atomic E-state index is 12.2. The van der Waals surface area contributed by atoms with E-state index in [-0.39, 0.29) is 5.91 Å². The van der Waals surface area contributed by atoms with Crippen LogP contribution in [0.15, 0.2) is 54.9 Å². The van der Waals surface area contributed by atoms with Gasteiger partial charge in [-0.3, -0.25) is 4.79 Å². The summed E-state index contributed by atoms with van der Waals surface area (Å²) in [4.78, 5) is 20.7. The van der Waals surface area contributed by atoms with Gasteiger partial charge in [0.2, 0.25) is 5.95 Å². The topological polar surface area (TPSA) is 66.9 Å². The standard InChI is InChI=1S/C21H22N4O/c1-14-4-7-17(8-5-14)11-22-20(26)18-12-23-21(24-13-18)25-19-9-6-15(2)16(3)10-19/h4-10,12-13H,11H2,1-3H3,(H,22,26)(H,23,24,25). The first-order chi connectivity index (χ1) is 12.5. The second kappa shape index (κ2) is 7.78. The SMILES string of the molecule is Cc1ccc(CNC(=O)c2cnc(Nc3ccc(C)c(C)c3)nc2)cc1. The van der Waals surface area contributed by atoms with Gasteiger partial charge in [-0.25, -0.2) is 9.97 Å². The Balaban J connectivity index is 1.60. The molecule has 3 aromatic rings. The Bertz CT molecular complexity index is 902. The van der Waals surface area contributed by atoms with E-state index in [1.165, 1.54) is 29.1 Å². The average molecular weight is 346 g/mol. The Morgan fingerprint density at radius 3 is 2.27 bits per heavy atom. The lowest BCUT2D eigenvalue weighted by Gasteiger charge is -2.08. The summed E-state index contributed by atoms with van der Waals surface area (Å²) < 4.78 is 0. The van der Waals surface area contributed by atoms with Crippen LogP contribution in [0, 0.1) is 20.8 Å². The monoisotopic (exact) mass is 346 g/mol. The molecule has 1 heterocycles. The minimum atomic E-state index is -0.191. The number of carbonyl (C=O) groups excluding carboxylic acids is 1. The lowest BCUT2D eigenvalue weighted by molar-refractivity contribution is 0.0950. The number of rotatable bonds is 5. The molecule has 1 aromatic heterocycles. The summed E-state index contributed by atoms with van der Waals surface area (Å²) in [5.41, 5.74) is 6.03. The number of anilines is 2. The second-order valence-electron chi connectivity index (χ2n) is 6.39. The van der Waals surface area contributed by atoms with E-state index in [4.69, 9.17) is 0 Å². The number of carbonyl (C=O) groups is 1. The molecule has 2 aromatic carbocycles. The number of nitrogens with zero attached hydrogens (tertiary/aromatic N) is 2. The van der Waals surface area contributed by atoms with E-state index in [1.807, 2.05) is 49.4 Å². The molecule has 0 aliphatic rings. The zero-order chi connectivity index (χ0) is 18.5. The number of aromatic nitrogens is 2. The Morgan fingerprint density at radius 2 is 1.62 bits per heavy atom. The number of benzene rings is 2. The molecule has 5 nitrogen and oxygen atoms in total. The fourth-order valence-electron chi connectivity index (χ4n) is 2.45. The largest absolute Gasteiger partial charge is 0.348 e. The summed E-state index contributed by atoms with van der Waals surface area (Å²) in [5, 5.41) is 6.03. The third-order valence-corrected chi connectivity index (χ3v) is 4.25. The fourth-order valence-corrected chi connectivity index (χ4v) is 2.45. The molecule has 0 bridgehead atoms. The maximum absolute atomic E-state index is 12.2. The molecule has 0 saturated heterocycles. The first kappa shape index (κ1) is 17.6. The molecule has 0 aliphatic carbocycles. The molecule has 0 atom stereocenters. The van der Waals surface area contributed by atoms with Crippen LogP contribution in [0.1, 0.15) is 32.6 Å². The van der Waals surface area contributed by atoms with Gasteiger partial charge in [0.25, 0.3) is 5.91 Å². The van der Waals surface area contributed by atoms with Gasteiger partial charge in [-0.1, -0.05) is 35.9 Å². The van der Waals surface area contributed by atoms with Gasteiger partial charge in [-0.15, -0.1) is 0 Å². The molecule has 0 spiro atoms. The van der Waals surface area contributed by atoms with Crippen molar-refractivity contribution < 1.29 is 4.79 Å². The molecule has 2 N–H and O–H groups in total. The Hall–Kier alpha value is -3.21. The summed E-state index contributed by atoms with van der Waals surface area (Å²) in [6.07, 6.45) is 3.06. The van der Waals surface area contributed by atoms with Gasteiger partial charge in [-0.05, 0) is 49.6 Å². The van der Waals surface area contributed by atoms with Crippen LogP contribution in [0.5, 0.6) is 0 Å². The maximum Gasteiger partial charge on any atom is 0.254 e. The highest BCUT2D eigenvalue weighted by Crippen LogP contribution is 2.17. The fraction of sp³-hybridized carbons (Fsp3) is 0.190. The van der Waals surface area contributed by atoms with Gasteiger partial charge >= 0.3 is 0 Å². The zero-order valence-electron chi connectivity index (χ0n) is 15.2. The van der Waals surface area contributed by atoms with Crippen molar-refractivity contribution >= 4 is 17.5 Å². The quantitative estimate of drug-likeness (QED) is 0.731. The van der Waals surface area contributed by atoms with Gasteiger partial charge in [0.1, 0.15) is 0 Å². The van der Waals surface area contributed by atoms with Crippen molar-refractivity contribution in [3.05, 3.63) is 82.7 Å². The van der Waals surface area contributed by atoms with Crippen LogP contribution in [0.4, 0.5) is 11.6 Å². The third-order valence-electron chi connectivity index (χ3n) is 4.25. The van der Waals surface area contributed by atoms with Crippen LogP contribution >= 0.6 is 0 Å². The van der Waals surface area contributed by atoms with Crippen molar-refractivity contribution in [3.63, 3.8) is 0 Å². The van der Waals surface area contributed by atoms with Crippen LogP contribution in [-0.4, -0.2) is 15.9 Å². The van der Waals surface area contributed by atoms with E-state index in [0.29, 0.717) is 18.1 Å². The lowest BCUT2D eigenvalue weighted by Crippen LogP contribution is -2.23. The number of hydrogen-bond acceptors (Lipinski definition) is 4. The van der Waals surface area contributed by atoms with Gasteiger partial charge in [0, 0.05) is 24.6 Å². The van der Waals surface area contributed by atoms with Crippen LogP contribution in [-0.2, 0) is 6.54 Å². The van der Waals surface area contributed by atoms with Gasteiger partial charge < -0.3 is 10.6 Å². The highest BCUT2D eigenvalue weighted by Gasteiger charge is 2.07. The summed E-state index contributed by atoms with van der Waals surface area (Å²) in [5.74, 6) is 0.270. The van der Waals surface area contributed by atoms with Crippen molar-refractivity contribution in [2.45, 2.75) is 27.3 Å². The number of nitrogens with one attached hydrogen (secondary N) is 2. The Morgan fingerprint density at radius 1 is 0.923 bits per heavy atom. The normalized spacial score (nSPS) is 10.4. The van der Waals surface area contributed by atoms with E-state index in [1.54, 1.807) is 0 Å². The van der Waals surface area contributed by atoms with Crippen LogP contribution in [0.2, 0.25) is 0 Å². The van der Waals surface area contributed by atoms with Crippen LogP contribution < -0.4 is 10.6 Å².